The molecule has 0 radical (unpaired) electrons. The van der Waals surface area contributed by atoms with Crippen LogP contribution in [0.4, 0.5) is 0 Å². The molecule has 19 heavy (non-hydrogen) atoms. The summed E-state index contributed by atoms with van der Waals surface area (Å²) in [6.45, 7) is 1.87. The Kier molecular flexibility index (Phi) is 4.13. The van der Waals surface area contributed by atoms with E-state index < -0.39 is 5.60 Å². The van der Waals surface area contributed by atoms with Crippen LogP contribution in [0.2, 0.25) is 0 Å². The maximum Gasteiger partial charge on any atom is 0.253 e. The predicted molar refractivity (Wildman–Crippen MR) is 74.6 cm³/mol. The van der Waals surface area contributed by atoms with Crippen LogP contribution < -0.4 is 5.32 Å². The molecule has 1 aliphatic rings. The standard InChI is InChI=1S/C14H16N2O2S/c1-10(12-4-2-11(8-15)3-5-12)16-13(17)14(18)6-7-19-9-14/h2-5,10,18H,6-7,9H2,1H3,(H,16,17). The molecule has 2 rings (SSSR count). The molecule has 1 fully saturated rings. The van der Waals surface area contributed by atoms with Crippen molar-refractivity contribution in [2.75, 3.05) is 11.5 Å². The van der Waals surface area contributed by atoms with E-state index in [1.165, 1.54) is 0 Å². The third-order valence-electron chi connectivity index (χ3n) is 3.31. The molecule has 5 heteroatoms. The minimum Gasteiger partial charge on any atom is -0.379 e. The van der Waals surface area contributed by atoms with Gasteiger partial charge >= 0.3 is 0 Å². The normalized spacial score (nSPS) is 23.6. The van der Waals surface area contributed by atoms with Crippen molar-refractivity contribution in [2.24, 2.45) is 0 Å². The minimum atomic E-state index is -1.23. The van der Waals surface area contributed by atoms with E-state index in [-0.39, 0.29) is 11.9 Å². The van der Waals surface area contributed by atoms with E-state index in [1.807, 2.05) is 19.1 Å². The van der Waals surface area contributed by atoms with Gasteiger partial charge in [0.05, 0.1) is 17.7 Å². The summed E-state index contributed by atoms with van der Waals surface area (Å²) >= 11 is 1.59. The predicted octanol–water partition coefficient (Wildman–Crippen LogP) is 1.60. The molecule has 0 spiro atoms. The number of carbonyl (C=O) groups excluding carboxylic acids is 1. The first-order valence-electron chi connectivity index (χ1n) is 6.16. The Hall–Kier alpha value is -1.51. The Bertz CT molecular complexity index is 501. The summed E-state index contributed by atoms with van der Waals surface area (Å²) in [5.41, 5.74) is 0.278. The number of benzene rings is 1. The molecule has 100 valence electrons. The Balaban J connectivity index is 2.02. The summed E-state index contributed by atoms with van der Waals surface area (Å²) < 4.78 is 0. The second-order valence-electron chi connectivity index (χ2n) is 4.76. The van der Waals surface area contributed by atoms with Crippen molar-refractivity contribution in [2.45, 2.75) is 25.0 Å². The highest BCUT2D eigenvalue weighted by Crippen LogP contribution is 2.28. The van der Waals surface area contributed by atoms with E-state index in [0.717, 1.165) is 11.3 Å². The molecule has 0 aliphatic carbocycles. The van der Waals surface area contributed by atoms with Gasteiger partial charge in [0.2, 0.25) is 0 Å². The van der Waals surface area contributed by atoms with Gasteiger partial charge in [-0.3, -0.25) is 4.79 Å². The second kappa shape index (κ2) is 5.64. The number of rotatable bonds is 3. The van der Waals surface area contributed by atoms with Gasteiger partial charge in [-0.05, 0) is 36.8 Å². The Morgan fingerprint density at radius 2 is 2.21 bits per heavy atom. The topological polar surface area (TPSA) is 73.1 Å². The molecule has 0 aromatic heterocycles. The van der Waals surface area contributed by atoms with Gasteiger partial charge in [-0.15, -0.1) is 0 Å². The van der Waals surface area contributed by atoms with Crippen molar-refractivity contribution in [3.63, 3.8) is 0 Å². The summed E-state index contributed by atoms with van der Waals surface area (Å²) in [5.74, 6) is 0.961. The Morgan fingerprint density at radius 3 is 2.74 bits per heavy atom. The van der Waals surface area contributed by atoms with Crippen molar-refractivity contribution in [3.8, 4) is 6.07 Å². The molecule has 0 bridgehead atoms. The number of nitriles is 1. The average Bonchev–Trinajstić information content (AvgIpc) is 2.87. The first-order valence-corrected chi connectivity index (χ1v) is 7.32. The minimum absolute atomic E-state index is 0.185. The smallest absolute Gasteiger partial charge is 0.253 e. The summed E-state index contributed by atoms with van der Waals surface area (Å²) in [6.07, 6.45) is 0.504. The van der Waals surface area contributed by atoms with E-state index >= 15 is 0 Å². The number of amides is 1. The molecule has 1 aromatic rings. The summed E-state index contributed by atoms with van der Waals surface area (Å²) in [6, 6.07) is 8.94. The lowest BCUT2D eigenvalue weighted by molar-refractivity contribution is -0.137. The van der Waals surface area contributed by atoms with Crippen LogP contribution in [-0.2, 0) is 4.79 Å². The molecule has 2 atom stereocenters. The fourth-order valence-electron chi connectivity index (χ4n) is 1.99. The number of nitrogens with zero attached hydrogens (tertiary/aromatic N) is 1. The summed E-state index contributed by atoms with van der Waals surface area (Å²) in [4.78, 5) is 12.0. The van der Waals surface area contributed by atoms with Crippen molar-refractivity contribution in [1.82, 2.24) is 5.32 Å². The van der Waals surface area contributed by atoms with Crippen LogP contribution in [0.1, 0.15) is 30.5 Å². The number of hydrogen-bond donors (Lipinski definition) is 2. The number of hydrogen-bond acceptors (Lipinski definition) is 4. The SMILES string of the molecule is CC(NC(=O)C1(O)CCSC1)c1ccc(C#N)cc1. The van der Waals surface area contributed by atoms with Crippen LogP contribution in [0, 0.1) is 11.3 Å². The van der Waals surface area contributed by atoms with Crippen molar-refractivity contribution < 1.29 is 9.90 Å². The van der Waals surface area contributed by atoms with Gasteiger partial charge in [0.1, 0.15) is 0 Å². The largest absolute Gasteiger partial charge is 0.379 e. The first kappa shape index (κ1) is 13.9. The molecule has 1 heterocycles. The fraction of sp³-hybridized carbons (Fsp3) is 0.429. The van der Waals surface area contributed by atoms with E-state index in [1.54, 1.807) is 23.9 Å². The van der Waals surface area contributed by atoms with Crippen molar-refractivity contribution in [3.05, 3.63) is 35.4 Å². The van der Waals surface area contributed by atoms with Crippen LogP contribution in [0.25, 0.3) is 0 Å². The third kappa shape index (κ3) is 3.09. The Morgan fingerprint density at radius 1 is 1.53 bits per heavy atom. The van der Waals surface area contributed by atoms with E-state index in [0.29, 0.717) is 17.7 Å². The van der Waals surface area contributed by atoms with Gasteiger partial charge in [0.15, 0.2) is 5.60 Å². The second-order valence-corrected chi connectivity index (χ2v) is 5.87. The molecule has 1 saturated heterocycles. The van der Waals surface area contributed by atoms with Crippen LogP contribution in [0.15, 0.2) is 24.3 Å². The van der Waals surface area contributed by atoms with Gasteiger partial charge in [0, 0.05) is 5.75 Å². The van der Waals surface area contributed by atoms with Crippen molar-refractivity contribution >= 4 is 17.7 Å². The fourth-order valence-corrected chi connectivity index (χ4v) is 3.23. The summed E-state index contributed by atoms with van der Waals surface area (Å²) in [7, 11) is 0. The lowest BCUT2D eigenvalue weighted by Crippen LogP contribution is -2.47. The van der Waals surface area contributed by atoms with Gasteiger partial charge in [-0.25, -0.2) is 0 Å². The summed E-state index contributed by atoms with van der Waals surface area (Å²) in [5, 5.41) is 21.7. The number of nitrogens with one attached hydrogen (secondary N) is 1. The number of aliphatic hydroxyl groups is 1. The van der Waals surface area contributed by atoms with Crippen LogP contribution in [0.5, 0.6) is 0 Å². The van der Waals surface area contributed by atoms with Gasteiger partial charge < -0.3 is 10.4 Å². The molecule has 1 aliphatic heterocycles. The molecule has 1 amide bonds. The van der Waals surface area contributed by atoms with E-state index in [4.69, 9.17) is 5.26 Å². The van der Waals surface area contributed by atoms with Gasteiger partial charge in [-0.1, -0.05) is 12.1 Å². The highest BCUT2D eigenvalue weighted by molar-refractivity contribution is 7.99. The molecular formula is C14H16N2O2S. The zero-order valence-corrected chi connectivity index (χ0v) is 11.5. The molecular weight excluding hydrogens is 260 g/mol. The Labute approximate surface area is 116 Å². The van der Waals surface area contributed by atoms with Gasteiger partial charge in [0.25, 0.3) is 5.91 Å². The van der Waals surface area contributed by atoms with Gasteiger partial charge in [-0.2, -0.15) is 17.0 Å². The quantitative estimate of drug-likeness (QED) is 0.879. The molecule has 2 N–H and O–H groups in total. The maximum atomic E-state index is 12.0. The molecule has 4 nitrogen and oxygen atoms in total. The zero-order valence-electron chi connectivity index (χ0n) is 10.7. The highest BCUT2D eigenvalue weighted by atomic mass is 32.2. The lowest BCUT2D eigenvalue weighted by Gasteiger charge is -2.23. The first-order chi connectivity index (χ1) is 9.05. The van der Waals surface area contributed by atoms with E-state index in [2.05, 4.69) is 11.4 Å². The number of carbonyl (C=O) groups is 1. The molecule has 2 unspecified atom stereocenters. The molecule has 1 aromatic carbocycles. The third-order valence-corrected chi connectivity index (χ3v) is 4.49. The number of thioether (sulfide) groups is 1. The lowest BCUT2D eigenvalue weighted by atomic mass is 10.0. The maximum absolute atomic E-state index is 12.0. The average molecular weight is 276 g/mol. The molecule has 0 saturated carbocycles. The van der Waals surface area contributed by atoms with Crippen molar-refractivity contribution in [1.29, 1.82) is 5.26 Å². The van der Waals surface area contributed by atoms with Crippen LogP contribution in [0.3, 0.4) is 0 Å². The van der Waals surface area contributed by atoms with Crippen LogP contribution >= 0.6 is 11.8 Å². The highest BCUT2D eigenvalue weighted by Gasteiger charge is 2.39. The van der Waals surface area contributed by atoms with E-state index in [9.17, 15) is 9.90 Å². The zero-order chi connectivity index (χ0) is 13.9. The van der Waals surface area contributed by atoms with Crippen LogP contribution in [-0.4, -0.2) is 28.1 Å². The monoisotopic (exact) mass is 276 g/mol.